The molecule has 1 unspecified atom stereocenters. The van der Waals surface area contributed by atoms with Gasteiger partial charge in [0.2, 0.25) is 5.91 Å². The number of hydrogen-bond acceptors (Lipinski definition) is 3. The Hall–Kier alpha value is -3.93. The molecule has 4 aromatic rings. The van der Waals surface area contributed by atoms with Crippen molar-refractivity contribution in [3.8, 4) is 0 Å². The Kier molecular flexibility index (Phi) is 6.27. The van der Waals surface area contributed by atoms with Gasteiger partial charge >= 0.3 is 0 Å². The number of nitrogens with zero attached hydrogens (tertiary/aromatic N) is 2. The molecule has 0 aliphatic carbocycles. The number of anilines is 1. The number of carbonyl (C=O) groups is 2. The Morgan fingerprint density at radius 1 is 0.939 bits per heavy atom. The van der Waals surface area contributed by atoms with Crippen molar-refractivity contribution in [2.24, 2.45) is 0 Å². The van der Waals surface area contributed by atoms with Gasteiger partial charge in [-0.3, -0.25) is 9.59 Å². The van der Waals surface area contributed by atoms with E-state index in [1.54, 1.807) is 6.07 Å². The Labute approximate surface area is 193 Å². The number of aromatic nitrogens is 2. The van der Waals surface area contributed by atoms with Gasteiger partial charge < -0.3 is 15.2 Å². The van der Waals surface area contributed by atoms with E-state index in [1.807, 2.05) is 92.9 Å². The number of benzene rings is 3. The lowest BCUT2D eigenvalue weighted by Crippen LogP contribution is -2.30. The minimum absolute atomic E-state index is 0.0912. The van der Waals surface area contributed by atoms with E-state index in [9.17, 15) is 9.59 Å². The van der Waals surface area contributed by atoms with E-state index >= 15 is 0 Å². The molecule has 33 heavy (non-hydrogen) atoms. The zero-order valence-corrected chi connectivity index (χ0v) is 19.3. The molecule has 6 heteroatoms. The highest BCUT2D eigenvalue weighted by Crippen LogP contribution is 2.22. The van der Waals surface area contributed by atoms with Crippen LogP contribution in [0.1, 0.15) is 45.8 Å². The predicted molar refractivity (Wildman–Crippen MR) is 131 cm³/mol. The second-order valence-corrected chi connectivity index (χ2v) is 8.48. The summed E-state index contributed by atoms with van der Waals surface area (Å²) in [7, 11) is 0. The van der Waals surface area contributed by atoms with Gasteiger partial charge in [-0.2, -0.15) is 0 Å². The average Bonchev–Trinajstić information content (AvgIpc) is 3.14. The van der Waals surface area contributed by atoms with Gasteiger partial charge in [0, 0.05) is 11.3 Å². The number of para-hydroxylation sites is 2. The third-order valence-electron chi connectivity index (χ3n) is 5.67. The summed E-state index contributed by atoms with van der Waals surface area (Å²) in [5.74, 6) is 0.309. The van der Waals surface area contributed by atoms with Gasteiger partial charge in [0.1, 0.15) is 12.4 Å². The van der Waals surface area contributed by atoms with Crippen LogP contribution < -0.4 is 10.6 Å². The maximum absolute atomic E-state index is 13.0. The van der Waals surface area contributed by atoms with Gasteiger partial charge in [0.05, 0.1) is 17.1 Å². The minimum Gasteiger partial charge on any atom is -0.342 e. The van der Waals surface area contributed by atoms with Crippen LogP contribution in [-0.2, 0) is 11.3 Å². The number of carbonyl (C=O) groups excluding carboxylic acids is 2. The van der Waals surface area contributed by atoms with Crippen molar-refractivity contribution in [2.45, 2.75) is 40.3 Å². The zero-order valence-electron chi connectivity index (χ0n) is 19.3. The number of aryl methyl sites for hydroxylation is 3. The Balaban J connectivity index is 1.60. The van der Waals surface area contributed by atoms with Crippen LogP contribution in [0.4, 0.5) is 5.69 Å². The lowest BCUT2D eigenvalue weighted by Gasteiger charge is -2.17. The fourth-order valence-corrected chi connectivity index (χ4v) is 3.93. The maximum Gasteiger partial charge on any atom is 0.251 e. The highest BCUT2D eigenvalue weighted by molar-refractivity contribution is 5.95. The Morgan fingerprint density at radius 2 is 1.70 bits per heavy atom. The van der Waals surface area contributed by atoms with Crippen LogP contribution in [0.15, 0.2) is 66.7 Å². The van der Waals surface area contributed by atoms with E-state index in [1.165, 1.54) is 0 Å². The molecule has 2 N–H and O–H groups in total. The summed E-state index contributed by atoms with van der Waals surface area (Å²) in [5.41, 5.74) is 6.12. The van der Waals surface area contributed by atoms with Crippen LogP contribution in [0.5, 0.6) is 0 Å². The van der Waals surface area contributed by atoms with Crippen LogP contribution in [0, 0.1) is 20.8 Å². The van der Waals surface area contributed by atoms with Crippen molar-refractivity contribution >= 4 is 28.5 Å². The first kappa shape index (κ1) is 22.3. The number of hydrogen-bond donors (Lipinski definition) is 2. The summed E-state index contributed by atoms with van der Waals surface area (Å²) < 4.78 is 1.87. The van der Waals surface area contributed by atoms with Gasteiger partial charge in [0.25, 0.3) is 5.91 Å². The maximum atomic E-state index is 13.0. The molecule has 0 saturated heterocycles. The first-order chi connectivity index (χ1) is 15.8. The van der Waals surface area contributed by atoms with Crippen LogP contribution in [0.25, 0.3) is 11.0 Å². The fourth-order valence-electron chi connectivity index (χ4n) is 3.93. The molecule has 1 aromatic heterocycles. The van der Waals surface area contributed by atoms with Crippen LogP contribution >= 0.6 is 0 Å². The van der Waals surface area contributed by atoms with Crippen LogP contribution in [0.2, 0.25) is 0 Å². The quantitative estimate of drug-likeness (QED) is 0.438. The monoisotopic (exact) mass is 440 g/mol. The van der Waals surface area contributed by atoms with Gasteiger partial charge in [-0.1, -0.05) is 42.0 Å². The molecule has 1 atom stereocenters. The van der Waals surface area contributed by atoms with E-state index in [4.69, 9.17) is 4.98 Å². The molecule has 0 aliphatic heterocycles. The summed E-state index contributed by atoms with van der Waals surface area (Å²) in [6.07, 6.45) is 0. The second-order valence-electron chi connectivity index (χ2n) is 8.48. The first-order valence-corrected chi connectivity index (χ1v) is 11.0. The Bertz CT molecular complexity index is 1340. The molecule has 3 aromatic carbocycles. The average molecular weight is 441 g/mol. The molecule has 0 radical (unpaired) electrons. The van der Waals surface area contributed by atoms with Crippen molar-refractivity contribution in [1.82, 2.24) is 14.9 Å². The Morgan fingerprint density at radius 3 is 2.48 bits per heavy atom. The molecule has 0 bridgehead atoms. The number of fused-ring (bicyclic) bond motifs is 1. The molecular formula is C27H28N4O2. The summed E-state index contributed by atoms with van der Waals surface area (Å²) in [6, 6.07) is 20.7. The summed E-state index contributed by atoms with van der Waals surface area (Å²) in [4.78, 5) is 30.5. The number of nitrogens with one attached hydrogen (secondary N) is 2. The molecule has 0 fully saturated rings. The summed E-state index contributed by atoms with van der Waals surface area (Å²) in [6.45, 7) is 7.89. The molecule has 1 heterocycles. The number of imidazole rings is 1. The van der Waals surface area contributed by atoms with E-state index in [2.05, 4.69) is 10.6 Å². The standard InChI is InChI=1S/C27H28N4O2/c1-17-8-7-9-21(14-17)27(33)28-20(4)26-30-22-10-5-6-11-24(22)31(26)16-25(32)29-23-15-18(2)12-13-19(23)3/h5-15,20H,16H2,1-4H3,(H,28,33)(H,29,32). The molecule has 0 spiro atoms. The topological polar surface area (TPSA) is 76.0 Å². The minimum atomic E-state index is -0.390. The van der Waals surface area contributed by atoms with Crippen molar-refractivity contribution in [2.75, 3.05) is 5.32 Å². The lowest BCUT2D eigenvalue weighted by molar-refractivity contribution is -0.116. The van der Waals surface area contributed by atoms with E-state index < -0.39 is 0 Å². The number of rotatable bonds is 6. The predicted octanol–water partition coefficient (Wildman–Crippen LogP) is 5.09. The van der Waals surface area contributed by atoms with E-state index in [-0.39, 0.29) is 24.4 Å². The molecule has 0 saturated carbocycles. The molecule has 0 aliphatic rings. The van der Waals surface area contributed by atoms with Crippen LogP contribution in [0.3, 0.4) is 0 Å². The largest absolute Gasteiger partial charge is 0.342 e. The van der Waals surface area contributed by atoms with E-state index in [0.717, 1.165) is 33.4 Å². The normalized spacial score (nSPS) is 11.9. The lowest BCUT2D eigenvalue weighted by atomic mass is 10.1. The third-order valence-corrected chi connectivity index (χ3v) is 5.67. The van der Waals surface area contributed by atoms with Crippen LogP contribution in [-0.4, -0.2) is 21.4 Å². The molecule has 4 rings (SSSR count). The second kappa shape index (κ2) is 9.28. The zero-order chi connectivity index (χ0) is 23.5. The molecular weight excluding hydrogens is 412 g/mol. The highest BCUT2D eigenvalue weighted by Gasteiger charge is 2.21. The van der Waals surface area contributed by atoms with Crippen molar-refractivity contribution in [3.05, 3.63) is 94.8 Å². The van der Waals surface area contributed by atoms with E-state index in [0.29, 0.717) is 11.4 Å². The summed E-state index contributed by atoms with van der Waals surface area (Å²) in [5, 5.41) is 6.04. The van der Waals surface area contributed by atoms with Gasteiger partial charge in [-0.05, 0) is 69.2 Å². The first-order valence-electron chi connectivity index (χ1n) is 11.0. The summed E-state index contributed by atoms with van der Waals surface area (Å²) >= 11 is 0. The van der Waals surface area contributed by atoms with Crippen molar-refractivity contribution < 1.29 is 9.59 Å². The fraction of sp³-hybridized carbons (Fsp3) is 0.222. The van der Waals surface area contributed by atoms with Crippen molar-refractivity contribution in [3.63, 3.8) is 0 Å². The highest BCUT2D eigenvalue weighted by atomic mass is 16.2. The van der Waals surface area contributed by atoms with Gasteiger partial charge in [-0.25, -0.2) is 4.98 Å². The SMILES string of the molecule is Cc1cccc(C(=O)NC(C)c2nc3ccccc3n2CC(=O)Nc2cc(C)ccc2C)c1. The smallest absolute Gasteiger partial charge is 0.251 e. The molecule has 2 amide bonds. The van der Waals surface area contributed by atoms with Crippen molar-refractivity contribution in [1.29, 1.82) is 0 Å². The molecule has 168 valence electrons. The number of amides is 2. The van der Waals surface area contributed by atoms with Gasteiger partial charge in [0.15, 0.2) is 0 Å². The van der Waals surface area contributed by atoms with Gasteiger partial charge in [-0.15, -0.1) is 0 Å². The molecule has 6 nitrogen and oxygen atoms in total. The third kappa shape index (κ3) is 4.95.